The smallest absolute Gasteiger partial charge is 0.419 e. The molecule has 0 aromatic heterocycles. The first-order valence-corrected chi connectivity index (χ1v) is 12.5. The highest BCUT2D eigenvalue weighted by Gasteiger charge is 2.65. The number of rotatable bonds is 7. The van der Waals surface area contributed by atoms with E-state index in [1.165, 1.54) is 6.08 Å². The van der Waals surface area contributed by atoms with Gasteiger partial charge in [-0.05, 0) is 43.2 Å². The fourth-order valence-electron chi connectivity index (χ4n) is 2.84. The quantitative estimate of drug-likeness (QED) is 0.351. The maximum Gasteiger partial charge on any atom is 0.419 e. The summed E-state index contributed by atoms with van der Waals surface area (Å²) < 4.78 is 109. The van der Waals surface area contributed by atoms with Gasteiger partial charge in [-0.2, -0.15) is 23.7 Å². The molecule has 1 aromatic rings. The van der Waals surface area contributed by atoms with Crippen molar-refractivity contribution in [2.24, 2.45) is 0 Å². The van der Waals surface area contributed by atoms with Gasteiger partial charge in [-0.1, -0.05) is 51.5 Å². The average Bonchev–Trinajstić information content (AvgIpc) is 3.00. The number of benzene rings is 1. The van der Waals surface area contributed by atoms with Crippen molar-refractivity contribution in [1.82, 2.24) is 5.32 Å². The molecule has 1 aliphatic carbocycles. The molecule has 2 rings (SSSR count). The van der Waals surface area contributed by atoms with Gasteiger partial charge >= 0.3 is 16.4 Å². The fourth-order valence-corrected chi connectivity index (χ4v) is 3.50. The maximum atomic E-state index is 13.4. The molecule has 1 N–H and O–H groups in total. The number of carbonyl (C=O) groups is 1. The molecule has 14 heteroatoms. The first-order valence-electron chi connectivity index (χ1n) is 10.5. The maximum absolute atomic E-state index is 13.4. The number of nitriles is 2. The van der Waals surface area contributed by atoms with Crippen LogP contribution < -0.4 is 5.32 Å². The van der Waals surface area contributed by atoms with Crippen LogP contribution in [0.25, 0.3) is 0 Å². The van der Waals surface area contributed by atoms with E-state index in [9.17, 15) is 42.7 Å². The van der Waals surface area contributed by atoms with Gasteiger partial charge in [-0.3, -0.25) is 4.79 Å². The Morgan fingerprint density at radius 3 is 2.08 bits per heavy atom. The first-order chi connectivity index (χ1) is 16.8. The summed E-state index contributed by atoms with van der Waals surface area (Å²) in [6.07, 6.45) is -2.71. The summed E-state index contributed by atoms with van der Waals surface area (Å²) in [5.41, 5.74) is -3.47. The van der Waals surface area contributed by atoms with E-state index >= 15 is 0 Å². The van der Waals surface area contributed by atoms with Crippen LogP contribution in [-0.2, 0) is 16.0 Å². The number of ether oxygens (including phenoxy) is 1. The van der Waals surface area contributed by atoms with Crippen LogP contribution in [0.5, 0.6) is 0 Å². The van der Waals surface area contributed by atoms with Gasteiger partial charge in [0.2, 0.25) is 5.91 Å². The molecule has 0 bridgehead atoms. The minimum atomic E-state index is -9.88. The van der Waals surface area contributed by atoms with E-state index in [1.54, 1.807) is 12.1 Å². The summed E-state index contributed by atoms with van der Waals surface area (Å²) in [4.78, 5) is 10.1. The SMILES string of the molecule is CC.CC(C#N)(COC1=CCC=C(C#N)C=C1C(F)(F)F)NC(=O)Cc1ccc(S(F)(F)(F)(F)F)cc1. The summed E-state index contributed by atoms with van der Waals surface area (Å²) >= 11 is 0. The molecule has 0 fully saturated rings. The number of halogens is 8. The number of nitrogens with zero attached hydrogens (tertiary/aromatic N) is 2. The van der Waals surface area contributed by atoms with Crippen molar-refractivity contribution in [3.63, 3.8) is 0 Å². The van der Waals surface area contributed by atoms with Gasteiger partial charge in [-0.15, -0.1) is 0 Å². The van der Waals surface area contributed by atoms with Crippen molar-refractivity contribution in [2.45, 2.75) is 50.2 Å². The minimum absolute atomic E-state index is 0.0705. The summed E-state index contributed by atoms with van der Waals surface area (Å²) in [6, 6.07) is 4.87. The third-order valence-electron chi connectivity index (χ3n) is 4.55. The zero-order chi connectivity index (χ0) is 28.8. The van der Waals surface area contributed by atoms with Crippen molar-refractivity contribution in [2.75, 3.05) is 6.61 Å². The Bertz CT molecular complexity index is 1190. The Balaban J connectivity index is 0.00000334. The molecule has 37 heavy (non-hydrogen) atoms. The summed E-state index contributed by atoms with van der Waals surface area (Å²) in [6.45, 7) is 4.38. The van der Waals surface area contributed by atoms with Gasteiger partial charge in [-0.25, -0.2) is 0 Å². The highest BCUT2D eigenvalue weighted by atomic mass is 32.5. The molecule has 0 radical (unpaired) electrons. The van der Waals surface area contributed by atoms with E-state index in [-0.39, 0.29) is 29.7 Å². The molecule has 1 aliphatic rings. The van der Waals surface area contributed by atoms with Crippen LogP contribution in [0.3, 0.4) is 0 Å². The molecule has 0 saturated carbocycles. The lowest BCUT2D eigenvalue weighted by molar-refractivity contribution is -0.122. The second-order valence-electron chi connectivity index (χ2n) is 7.70. The molecular formula is C23H23F8N3O2S. The van der Waals surface area contributed by atoms with Crippen molar-refractivity contribution in [3.8, 4) is 12.1 Å². The summed E-state index contributed by atoms with van der Waals surface area (Å²) in [5.74, 6) is -1.59. The van der Waals surface area contributed by atoms with E-state index in [0.29, 0.717) is 18.2 Å². The molecule has 0 saturated heterocycles. The predicted octanol–water partition coefficient (Wildman–Crippen LogP) is 7.55. The van der Waals surface area contributed by atoms with Crippen LogP contribution in [0.4, 0.5) is 32.6 Å². The Morgan fingerprint density at radius 1 is 1.05 bits per heavy atom. The van der Waals surface area contributed by atoms with E-state index in [2.05, 4.69) is 5.32 Å². The average molecular weight is 558 g/mol. The Labute approximate surface area is 208 Å². The molecule has 1 aromatic carbocycles. The first kappa shape index (κ1) is 31.5. The molecule has 5 nitrogen and oxygen atoms in total. The second-order valence-corrected chi connectivity index (χ2v) is 10.1. The van der Waals surface area contributed by atoms with Crippen molar-refractivity contribution in [3.05, 3.63) is 65.0 Å². The van der Waals surface area contributed by atoms with E-state index < -0.39 is 57.1 Å². The van der Waals surface area contributed by atoms with E-state index in [0.717, 1.165) is 13.0 Å². The van der Waals surface area contributed by atoms with Crippen LogP contribution in [0, 0.1) is 22.7 Å². The van der Waals surface area contributed by atoms with Crippen molar-refractivity contribution in [1.29, 1.82) is 10.5 Å². The largest absolute Gasteiger partial charge is 0.490 e. The highest BCUT2D eigenvalue weighted by Crippen LogP contribution is 3.02. The Morgan fingerprint density at radius 2 is 1.62 bits per heavy atom. The second kappa shape index (κ2) is 10.5. The van der Waals surface area contributed by atoms with Gasteiger partial charge in [0.15, 0.2) is 5.54 Å². The van der Waals surface area contributed by atoms with Crippen LogP contribution in [0.1, 0.15) is 32.8 Å². The number of alkyl halides is 3. The summed E-state index contributed by atoms with van der Waals surface area (Å²) in [7, 11) is -9.88. The number of nitrogens with one attached hydrogen (secondary N) is 1. The lowest BCUT2D eigenvalue weighted by atomic mass is 10.0. The van der Waals surface area contributed by atoms with Gasteiger partial charge in [0, 0.05) is 5.57 Å². The number of carbonyl (C=O) groups excluding carboxylic acids is 1. The highest BCUT2D eigenvalue weighted by molar-refractivity contribution is 8.45. The fraction of sp³-hybridized carbons (Fsp3) is 0.348. The van der Waals surface area contributed by atoms with Gasteiger partial charge in [0.05, 0.1) is 24.1 Å². The topological polar surface area (TPSA) is 85.9 Å². The molecule has 0 spiro atoms. The monoisotopic (exact) mass is 557 g/mol. The lowest BCUT2D eigenvalue weighted by Gasteiger charge is -2.40. The third-order valence-corrected chi connectivity index (χ3v) is 5.72. The number of allylic oxidation sites excluding steroid dienone is 5. The molecule has 204 valence electrons. The molecule has 1 unspecified atom stereocenters. The van der Waals surface area contributed by atoms with Crippen molar-refractivity contribution < 1.29 is 42.1 Å². The normalized spacial score (nSPS) is 17.3. The Hall–Kier alpha value is -3.52. The third kappa shape index (κ3) is 9.46. The predicted molar refractivity (Wildman–Crippen MR) is 122 cm³/mol. The lowest BCUT2D eigenvalue weighted by Crippen LogP contribution is -2.49. The molecule has 0 heterocycles. The van der Waals surface area contributed by atoms with Gasteiger partial charge < -0.3 is 10.1 Å². The number of amides is 1. The van der Waals surface area contributed by atoms with Gasteiger partial charge in [0.1, 0.15) is 17.3 Å². The summed E-state index contributed by atoms with van der Waals surface area (Å²) in [5, 5.41) is 20.5. The van der Waals surface area contributed by atoms with Crippen LogP contribution in [0.15, 0.2) is 64.3 Å². The van der Waals surface area contributed by atoms with Crippen LogP contribution in [-0.4, -0.2) is 24.2 Å². The Kier molecular flexibility index (Phi) is 8.91. The molecule has 0 aliphatic heterocycles. The van der Waals surface area contributed by atoms with E-state index in [4.69, 9.17) is 10.00 Å². The standard InChI is InChI=1S/C21H17F8N3O2S.C2H6/c1-20(12-31,13-34-18-4-2-3-15(11-30)9-17(18)21(22,23)24)32-19(33)10-14-5-7-16(8-6-14)35(25,26,27,28)29;1-2/h3-9H,2,10,13H2,1H3,(H,32,33);1-2H3. The van der Waals surface area contributed by atoms with E-state index in [1.807, 2.05) is 13.8 Å². The zero-order valence-electron chi connectivity index (χ0n) is 19.8. The number of hydrogen-bond donors (Lipinski definition) is 1. The molecular weight excluding hydrogens is 534 g/mol. The van der Waals surface area contributed by atoms with Crippen LogP contribution >= 0.6 is 10.2 Å². The van der Waals surface area contributed by atoms with Gasteiger partial charge in [0.25, 0.3) is 0 Å². The number of hydrogen-bond acceptors (Lipinski definition) is 4. The molecule has 1 amide bonds. The van der Waals surface area contributed by atoms with Crippen molar-refractivity contribution >= 4 is 16.1 Å². The zero-order valence-corrected chi connectivity index (χ0v) is 20.6. The minimum Gasteiger partial charge on any atom is -0.490 e. The molecule has 1 atom stereocenters. The van der Waals surface area contributed by atoms with Crippen LogP contribution in [0.2, 0.25) is 0 Å².